The lowest BCUT2D eigenvalue weighted by atomic mass is 9.98. The topological polar surface area (TPSA) is 115 Å². The predicted octanol–water partition coefficient (Wildman–Crippen LogP) is 5.05. The Morgan fingerprint density at radius 3 is 1.93 bits per heavy atom. The second-order valence-electron chi connectivity index (χ2n) is 9.08. The summed E-state index contributed by atoms with van der Waals surface area (Å²) in [4.78, 5) is 9.66. The number of benzene rings is 3. The number of carbonyl (C=O) groups excluding carboxylic acids is 1. The summed E-state index contributed by atoms with van der Waals surface area (Å²) in [5.41, 5.74) is 5.74. The predicted molar refractivity (Wildman–Crippen MR) is 151 cm³/mol. The van der Waals surface area contributed by atoms with Gasteiger partial charge in [0.25, 0.3) is 10.4 Å². The number of pyridine rings is 2. The van der Waals surface area contributed by atoms with Gasteiger partial charge in [-0.1, -0.05) is 29.8 Å². The Kier molecular flexibility index (Phi) is 8.13. The first-order valence-electron chi connectivity index (χ1n) is 12.2. The fourth-order valence-electron chi connectivity index (χ4n) is 4.64. The molecule has 0 radical (unpaired) electrons. The van der Waals surface area contributed by atoms with Crippen molar-refractivity contribution in [2.45, 2.75) is 20.8 Å². The Hall–Kier alpha value is -4.41. The van der Waals surface area contributed by atoms with Gasteiger partial charge in [-0.2, -0.15) is 4.40 Å². The quantitative estimate of drug-likeness (QED) is 0.0959. The van der Waals surface area contributed by atoms with E-state index >= 15 is 0 Å². The van der Waals surface area contributed by atoms with E-state index in [2.05, 4.69) is 77.2 Å². The van der Waals surface area contributed by atoms with Crippen molar-refractivity contribution in [3.63, 3.8) is 0 Å². The molecule has 0 aliphatic heterocycles. The standard InChI is InChI=1S/C28H26NO3.C2H4O5S/c1-17-6-8-19(9-7-17)24-15-23-20(13-26(24)30-3)10-11-29-18(2)22-16-28(32-5)27(31-4)14-21(22)12-25(23)29;1-2(3)7-8(4,5)6/h6-16H,1-5H3;1H3,(H,4,5,6)/q+1;/p-1. The number of hydrogen-bond donors (Lipinski definition) is 0. The van der Waals surface area contributed by atoms with E-state index in [1.54, 1.807) is 21.3 Å². The van der Waals surface area contributed by atoms with Crippen LogP contribution in [-0.4, -0.2) is 40.3 Å². The van der Waals surface area contributed by atoms with Crippen LogP contribution in [0.3, 0.4) is 0 Å². The van der Waals surface area contributed by atoms with Gasteiger partial charge < -0.3 is 22.9 Å². The van der Waals surface area contributed by atoms with Gasteiger partial charge in [-0.25, -0.2) is 8.42 Å². The maximum atomic E-state index is 9.66. The molecule has 0 saturated heterocycles. The van der Waals surface area contributed by atoms with E-state index in [-0.39, 0.29) is 0 Å². The second-order valence-corrected chi connectivity index (χ2v) is 10.1. The summed E-state index contributed by atoms with van der Waals surface area (Å²) >= 11 is 0. The van der Waals surface area contributed by atoms with Gasteiger partial charge in [-0.05, 0) is 47.5 Å². The van der Waals surface area contributed by atoms with Gasteiger partial charge in [0.05, 0.1) is 32.1 Å². The number of nitrogens with zero attached hydrogens (tertiary/aromatic N) is 1. The van der Waals surface area contributed by atoms with Crippen molar-refractivity contribution in [3.05, 3.63) is 78.1 Å². The van der Waals surface area contributed by atoms with Gasteiger partial charge in [-0.3, -0.25) is 4.79 Å². The SMILES string of the molecule is CC(=O)OS(=O)(=O)[O-].COc1cc2cc3c4cc(-c5ccc(C)cc5)c(OC)cc4cc[n+]3c(C)c2cc1OC. The average Bonchev–Trinajstić information content (AvgIpc) is 2.91. The molecule has 0 bridgehead atoms. The third-order valence-corrected chi connectivity index (χ3v) is 6.93. The number of fused-ring (bicyclic) bond motifs is 4. The van der Waals surface area contributed by atoms with Crippen LogP contribution in [0.5, 0.6) is 17.2 Å². The first-order valence-corrected chi connectivity index (χ1v) is 13.5. The number of carbonyl (C=O) groups is 1. The van der Waals surface area contributed by atoms with E-state index in [0.717, 1.165) is 62.7 Å². The van der Waals surface area contributed by atoms with Gasteiger partial charge in [-0.15, -0.1) is 0 Å². The normalized spacial score (nSPS) is 11.2. The number of ether oxygens (including phenoxy) is 3. The Balaban J connectivity index is 0.000000406. The van der Waals surface area contributed by atoms with Crippen LogP contribution in [0.4, 0.5) is 0 Å². The summed E-state index contributed by atoms with van der Waals surface area (Å²) in [5, 5.41) is 4.55. The molecule has 10 heteroatoms. The molecule has 5 rings (SSSR count). The first-order chi connectivity index (χ1) is 18.9. The minimum atomic E-state index is -4.82. The highest BCUT2D eigenvalue weighted by atomic mass is 32.3. The Morgan fingerprint density at radius 2 is 1.38 bits per heavy atom. The van der Waals surface area contributed by atoms with Crippen LogP contribution in [0.15, 0.2) is 66.9 Å². The van der Waals surface area contributed by atoms with Crippen molar-refractivity contribution in [1.29, 1.82) is 0 Å². The molecule has 9 nitrogen and oxygen atoms in total. The molecule has 2 heterocycles. The number of aromatic nitrogens is 1. The van der Waals surface area contributed by atoms with Crippen LogP contribution in [0.2, 0.25) is 0 Å². The molecule has 40 heavy (non-hydrogen) atoms. The fraction of sp³-hybridized carbons (Fsp3) is 0.200. The molecule has 0 N–H and O–H groups in total. The third-order valence-electron chi connectivity index (χ3n) is 6.49. The maximum Gasteiger partial charge on any atom is 0.318 e. The molecule has 0 fully saturated rings. The Bertz CT molecular complexity index is 1850. The number of aryl methyl sites for hydroxylation is 2. The molecule has 0 aliphatic carbocycles. The zero-order valence-corrected chi connectivity index (χ0v) is 23.8. The Labute approximate surface area is 232 Å². The number of rotatable bonds is 5. The molecular weight excluding hydrogens is 534 g/mol. The van der Waals surface area contributed by atoms with Crippen LogP contribution in [-0.2, 0) is 19.4 Å². The zero-order chi connectivity index (χ0) is 29.2. The van der Waals surface area contributed by atoms with Crippen molar-refractivity contribution in [1.82, 2.24) is 0 Å². The molecule has 208 valence electrons. The highest BCUT2D eigenvalue weighted by molar-refractivity contribution is 7.81. The largest absolute Gasteiger partial charge is 0.716 e. The first kappa shape index (κ1) is 28.6. The van der Waals surface area contributed by atoms with Crippen LogP contribution in [0.25, 0.3) is 38.2 Å². The molecule has 0 aliphatic rings. The highest BCUT2D eigenvalue weighted by Crippen LogP contribution is 2.37. The number of hydrogen-bond acceptors (Lipinski definition) is 8. The van der Waals surface area contributed by atoms with E-state index in [1.165, 1.54) is 10.9 Å². The van der Waals surface area contributed by atoms with E-state index in [1.807, 2.05) is 12.1 Å². The summed E-state index contributed by atoms with van der Waals surface area (Å²) in [5.74, 6) is 1.20. The number of methoxy groups -OCH3 is 3. The maximum absolute atomic E-state index is 9.66. The highest BCUT2D eigenvalue weighted by Gasteiger charge is 2.19. The smallest absolute Gasteiger partial charge is 0.318 e. The fourth-order valence-corrected chi connectivity index (χ4v) is 4.92. The van der Waals surface area contributed by atoms with Crippen LogP contribution in [0.1, 0.15) is 18.2 Å². The van der Waals surface area contributed by atoms with E-state index in [0.29, 0.717) is 0 Å². The Morgan fingerprint density at radius 1 is 0.775 bits per heavy atom. The van der Waals surface area contributed by atoms with Gasteiger partial charge in [0.2, 0.25) is 5.52 Å². The molecule has 2 aromatic heterocycles. The summed E-state index contributed by atoms with van der Waals surface area (Å²) in [6.45, 7) is 5.07. The van der Waals surface area contributed by atoms with E-state index in [4.69, 9.17) is 14.2 Å². The molecule has 0 atom stereocenters. The van der Waals surface area contributed by atoms with E-state index in [9.17, 15) is 17.8 Å². The van der Waals surface area contributed by atoms with Crippen molar-refractivity contribution in [3.8, 4) is 28.4 Å². The summed E-state index contributed by atoms with van der Waals surface area (Å²) in [7, 11) is 0.241. The van der Waals surface area contributed by atoms with Crippen molar-refractivity contribution >= 4 is 43.4 Å². The summed E-state index contributed by atoms with van der Waals surface area (Å²) < 4.78 is 50.6. The van der Waals surface area contributed by atoms with Crippen molar-refractivity contribution in [2.75, 3.05) is 21.3 Å². The van der Waals surface area contributed by atoms with Gasteiger partial charge in [0.1, 0.15) is 5.75 Å². The molecule has 0 unspecified atom stereocenters. The van der Waals surface area contributed by atoms with Crippen LogP contribution in [0, 0.1) is 13.8 Å². The second kappa shape index (κ2) is 11.4. The summed E-state index contributed by atoms with van der Waals surface area (Å²) in [6, 6.07) is 21.4. The summed E-state index contributed by atoms with van der Waals surface area (Å²) in [6.07, 6.45) is 2.12. The lowest BCUT2D eigenvalue weighted by Gasteiger charge is -2.13. The molecule has 3 aromatic carbocycles. The van der Waals surface area contributed by atoms with Gasteiger partial charge >= 0.3 is 5.97 Å². The monoisotopic (exact) mass is 563 g/mol. The van der Waals surface area contributed by atoms with Crippen LogP contribution >= 0.6 is 0 Å². The van der Waals surface area contributed by atoms with E-state index < -0.39 is 16.4 Å². The molecule has 0 spiro atoms. The lowest BCUT2D eigenvalue weighted by molar-refractivity contribution is -0.516. The van der Waals surface area contributed by atoms with Crippen LogP contribution < -0.4 is 18.6 Å². The minimum absolute atomic E-state index is 0.728. The van der Waals surface area contributed by atoms with Crippen molar-refractivity contribution in [2.24, 2.45) is 0 Å². The third kappa shape index (κ3) is 5.93. The van der Waals surface area contributed by atoms with Gasteiger partial charge in [0, 0.05) is 31.5 Å². The van der Waals surface area contributed by atoms with Crippen molar-refractivity contribution < 1.29 is 40.6 Å². The minimum Gasteiger partial charge on any atom is -0.716 e. The molecule has 0 saturated carbocycles. The zero-order valence-electron chi connectivity index (χ0n) is 23.0. The average molecular weight is 564 g/mol. The molecule has 5 aromatic rings. The lowest BCUT2D eigenvalue weighted by Crippen LogP contribution is -2.25. The van der Waals surface area contributed by atoms with Gasteiger partial charge in [0.15, 0.2) is 23.4 Å². The molecule has 0 amide bonds. The molecular formula is C30H29NO8S.